The molecule has 1 atom stereocenters. The molecule has 0 N–H and O–H groups in total. The average molecular weight is 467 g/mol. The Morgan fingerprint density at radius 2 is 1.73 bits per heavy atom. The first kappa shape index (κ1) is 13.7. The number of methoxy groups -OCH3 is 4. The molecule has 0 aromatic heterocycles. The van der Waals surface area contributed by atoms with Crippen molar-refractivity contribution in [3.8, 4) is 29.1 Å². The lowest BCUT2D eigenvalue weighted by molar-refractivity contribution is 0.292. The summed E-state index contributed by atoms with van der Waals surface area (Å²) in [7, 11) is 5.27. The highest BCUT2D eigenvalue weighted by atomic mass is 16.5. The summed E-state index contributed by atoms with van der Waals surface area (Å²) in [5.41, 5.74) is -2.00. The Labute approximate surface area is 215 Å². The molecule has 2 aromatic carbocycles. The van der Waals surface area contributed by atoms with Crippen molar-refractivity contribution in [1.29, 1.82) is 5.26 Å². The van der Waals surface area contributed by atoms with Gasteiger partial charge < -0.3 is 23.8 Å². The molecular formula is C27H38N2O4. The van der Waals surface area contributed by atoms with Crippen molar-refractivity contribution >= 4 is 0 Å². The quantitative estimate of drug-likeness (QED) is 0.410. The first-order valence-corrected chi connectivity index (χ1v) is 10.3. The van der Waals surface area contributed by atoms with Crippen molar-refractivity contribution in [3.63, 3.8) is 0 Å². The van der Waals surface area contributed by atoms with Crippen LogP contribution in [0.25, 0.3) is 0 Å². The summed E-state index contributed by atoms with van der Waals surface area (Å²) >= 11 is 0. The molecule has 6 heteroatoms. The molecule has 0 aliphatic carbocycles. The zero-order chi connectivity index (χ0) is 34.5. The first-order valence-electron chi connectivity index (χ1n) is 16.3. The average Bonchev–Trinajstić information content (AvgIpc) is 2.94. The van der Waals surface area contributed by atoms with Gasteiger partial charge in [-0.25, -0.2) is 0 Å². The van der Waals surface area contributed by atoms with Gasteiger partial charge in [-0.15, -0.1) is 0 Å². The van der Waals surface area contributed by atoms with E-state index in [-0.39, 0.29) is 84.6 Å². The topological polar surface area (TPSA) is 64.0 Å². The zero-order valence-corrected chi connectivity index (χ0v) is 19.4. The van der Waals surface area contributed by atoms with Crippen LogP contribution in [0.4, 0.5) is 0 Å². The molecule has 180 valence electrons. The van der Waals surface area contributed by atoms with Gasteiger partial charge in [-0.1, -0.05) is 25.8 Å². The summed E-state index contributed by atoms with van der Waals surface area (Å²) in [6, 6.07) is 5.30. The van der Waals surface area contributed by atoms with E-state index in [2.05, 4.69) is 0 Å². The van der Waals surface area contributed by atoms with Crippen molar-refractivity contribution < 1.29 is 35.4 Å². The Bertz CT molecular complexity index is 1360. The van der Waals surface area contributed by atoms with E-state index < -0.39 is 32.0 Å². The Hall–Kier alpha value is -2.91. The molecule has 0 heterocycles. The van der Waals surface area contributed by atoms with Crippen LogP contribution >= 0.6 is 0 Å². The van der Waals surface area contributed by atoms with Crippen molar-refractivity contribution in [2.75, 3.05) is 48.5 Å². The van der Waals surface area contributed by atoms with Crippen molar-refractivity contribution in [3.05, 3.63) is 47.5 Å². The van der Waals surface area contributed by atoms with Crippen LogP contribution in [0.3, 0.4) is 0 Å². The molecule has 0 aliphatic heterocycles. The molecule has 2 rings (SSSR count). The second-order valence-electron chi connectivity index (χ2n) is 7.35. The van der Waals surface area contributed by atoms with Gasteiger partial charge in [0, 0.05) is 18.9 Å². The van der Waals surface area contributed by atoms with Crippen molar-refractivity contribution in [1.82, 2.24) is 4.90 Å². The number of rotatable bonds is 13. The lowest BCUT2D eigenvalue weighted by Crippen LogP contribution is -2.32. The first-order chi connectivity index (χ1) is 20.7. The Morgan fingerprint density at radius 3 is 2.33 bits per heavy atom. The minimum absolute atomic E-state index is 0.0614. The molecular weight excluding hydrogens is 416 g/mol. The number of ether oxygens (including phenoxy) is 4. The second-order valence-corrected chi connectivity index (χ2v) is 7.35. The van der Waals surface area contributed by atoms with Crippen molar-refractivity contribution in [2.45, 2.75) is 38.4 Å². The highest BCUT2D eigenvalue weighted by Gasteiger charge is 2.36. The number of benzene rings is 2. The number of likely N-dealkylation sites (N-methyl/N-ethyl adjacent to an activating group) is 1. The number of hydrogen-bond donors (Lipinski definition) is 0. The van der Waals surface area contributed by atoms with E-state index in [1.165, 1.54) is 46.6 Å². The minimum Gasteiger partial charge on any atom is -0.493 e. The van der Waals surface area contributed by atoms with Crippen LogP contribution in [-0.4, -0.2) is 53.4 Å². The van der Waals surface area contributed by atoms with Gasteiger partial charge in [0.1, 0.15) is 0 Å². The Kier molecular flexibility index (Phi) is 5.14. The lowest BCUT2D eigenvalue weighted by Gasteiger charge is -2.32. The fraction of sp³-hybridized carbons (Fsp3) is 0.519. The summed E-state index contributed by atoms with van der Waals surface area (Å²) in [4.78, 5) is 1.06. The summed E-state index contributed by atoms with van der Waals surface area (Å²) in [5, 5.41) is 10.5. The van der Waals surface area contributed by atoms with E-state index in [1.807, 2.05) is 6.07 Å². The maximum atomic E-state index is 10.5. The standard InChI is InChI=1S/C27H38N2O4/c1-20(2)27(19-28,22-10-12-24(31-5)26(18-22)33-7)14-8-15-29(3)16-13-21-9-11-23(30-4)25(17-21)32-6/h9-12,17-18,20H,8,13-16H2,1-7H3/i1D3,2D3,3D3,9D,11D,17D. The van der Waals surface area contributed by atoms with Gasteiger partial charge in [0.25, 0.3) is 0 Å². The third-order valence-electron chi connectivity index (χ3n) is 5.43. The highest BCUT2D eigenvalue weighted by Crippen LogP contribution is 2.40. The maximum Gasteiger partial charge on any atom is 0.161 e. The van der Waals surface area contributed by atoms with Crippen LogP contribution in [0.15, 0.2) is 36.3 Å². The van der Waals surface area contributed by atoms with Gasteiger partial charge in [-0.3, -0.25) is 0 Å². The normalized spacial score (nSPS) is 19.3. The molecule has 0 saturated heterocycles. The predicted octanol–water partition coefficient (Wildman–Crippen LogP) is 5.09. The highest BCUT2D eigenvalue weighted by molar-refractivity contribution is 5.47. The molecule has 1 unspecified atom stereocenters. The van der Waals surface area contributed by atoms with Gasteiger partial charge in [-0.05, 0) is 74.0 Å². The van der Waals surface area contributed by atoms with Gasteiger partial charge >= 0.3 is 0 Å². The summed E-state index contributed by atoms with van der Waals surface area (Å²) < 4.78 is 119. The van der Waals surface area contributed by atoms with Crippen LogP contribution in [0.1, 0.15) is 54.1 Å². The maximum absolute atomic E-state index is 10.5. The molecule has 0 bridgehead atoms. The largest absolute Gasteiger partial charge is 0.493 e. The molecule has 0 spiro atoms. The van der Waals surface area contributed by atoms with E-state index in [0.29, 0.717) is 0 Å². The Balaban J connectivity index is 2.54. The molecule has 0 aliphatic rings. The van der Waals surface area contributed by atoms with Gasteiger partial charge in [0.05, 0.1) is 44.0 Å². The molecule has 2 aromatic rings. The minimum atomic E-state index is -3.10. The zero-order valence-electron chi connectivity index (χ0n) is 31.4. The van der Waals surface area contributed by atoms with Crippen LogP contribution in [0.2, 0.25) is 0 Å². The smallest absolute Gasteiger partial charge is 0.161 e. The molecule has 0 radical (unpaired) electrons. The van der Waals surface area contributed by atoms with Gasteiger partial charge in [-0.2, -0.15) is 5.26 Å². The monoisotopic (exact) mass is 466 g/mol. The third-order valence-corrected chi connectivity index (χ3v) is 5.43. The fourth-order valence-corrected chi connectivity index (χ4v) is 3.49. The predicted molar refractivity (Wildman–Crippen MR) is 132 cm³/mol. The number of nitriles is 1. The third kappa shape index (κ3) is 6.33. The van der Waals surface area contributed by atoms with Crippen LogP contribution < -0.4 is 18.9 Å². The van der Waals surface area contributed by atoms with Crippen LogP contribution in [0.5, 0.6) is 23.0 Å². The summed E-state index contributed by atoms with van der Waals surface area (Å²) in [6.45, 7) is -9.32. The van der Waals surface area contributed by atoms with E-state index in [0.717, 1.165) is 4.90 Å². The Morgan fingerprint density at radius 1 is 1.00 bits per heavy atom. The fourth-order valence-electron chi connectivity index (χ4n) is 3.49. The summed E-state index contributed by atoms with van der Waals surface area (Å²) in [5.74, 6) is -1.88. The van der Waals surface area contributed by atoms with Crippen LogP contribution in [-0.2, 0) is 11.8 Å². The van der Waals surface area contributed by atoms with E-state index in [9.17, 15) is 5.26 Å². The summed E-state index contributed by atoms with van der Waals surface area (Å²) in [6.07, 6.45) is -0.581. The lowest BCUT2D eigenvalue weighted by atomic mass is 9.69. The SMILES string of the molecule is [2H]c1c([2H])c(OC)c(OC)c([2H])c1CCN(CCCC(C#N)(c1ccc(OC)c(OC)c1)C(C([2H])([2H])[2H])C([2H])([2H])[2H])C([2H])([2H])[2H]. The molecule has 0 amide bonds. The van der Waals surface area contributed by atoms with Gasteiger partial charge in [0.2, 0.25) is 0 Å². The van der Waals surface area contributed by atoms with Crippen LogP contribution in [0, 0.1) is 17.2 Å². The molecule has 0 fully saturated rings. The number of nitrogens with zero attached hydrogens (tertiary/aromatic N) is 2. The van der Waals surface area contributed by atoms with E-state index in [1.54, 1.807) is 0 Å². The van der Waals surface area contributed by atoms with E-state index in [4.69, 9.17) is 35.4 Å². The molecule has 33 heavy (non-hydrogen) atoms. The molecule has 6 nitrogen and oxygen atoms in total. The van der Waals surface area contributed by atoms with Gasteiger partial charge in [0.15, 0.2) is 23.0 Å². The second kappa shape index (κ2) is 12.4. The van der Waals surface area contributed by atoms with E-state index >= 15 is 0 Å². The molecule has 0 saturated carbocycles. The number of hydrogen-bond acceptors (Lipinski definition) is 6. The van der Waals surface area contributed by atoms with Crippen molar-refractivity contribution in [2.24, 2.45) is 5.92 Å².